The number of nitrogens with zero attached hydrogens (tertiary/aromatic N) is 3. The number of nitriles is 1. The molecule has 43 heavy (non-hydrogen) atoms. The van der Waals surface area contributed by atoms with E-state index < -0.39 is 45.9 Å². The number of aliphatic hydroxyl groups is 3. The highest BCUT2D eigenvalue weighted by Crippen LogP contribution is 2.28. The van der Waals surface area contributed by atoms with Crippen molar-refractivity contribution in [1.82, 2.24) is 14.2 Å². The van der Waals surface area contributed by atoms with Crippen molar-refractivity contribution in [1.29, 1.82) is 5.26 Å². The summed E-state index contributed by atoms with van der Waals surface area (Å²) >= 11 is 0. The Labute approximate surface area is 250 Å². The lowest BCUT2D eigenvalue weighted by Gasteiger charge is -2.36. The molecule has 12 nitrogen and oxygen atoms in total. The largest absolute Gasteiger partial charge is 0.394 e. The van der Waals surface area contributed by atoms with Crippen molar-refractivity contribution in [3.8, 4) is 17.3 Å². The molecule has 1 aromatic heterocycles. The number of hydrogen-bond donors (Lipinski definition) is 5. The van der Waals surface area contributed by atoms with Gasteiger partial charge in [0, 0.05) is 50.3 Å². The van der Waals surface area contributed by atoms with Gasteiger partial charge in [-0.3, -0.25) is 4.90 Å². The van der Waals surface area contributed by atoms with Gasteiger partial charge in [0.05, 0.1) is 32.5 Å². The highest BCUT2D eigenvalue weighted by atomic mass is 32.2. The second kappa shape index (κ2) is 13.5. The Bertz CT molecular complexity index is 1610. The summed E-state index contributed by atoms with van der Waals surface area (Å²) in [6, 6.07) is 16.5. The SMILES string of the molecule is Cn1c(/C=C(\C#N)S(=O)(=O)NC2CO[C@H](CO)[C@@H](O)[C@@H]2O)ccc1-c1ccc2cc(NCCN3CCOCC3)ccc2c1. The van der Waals surface area contributed by atoms with Gasteiger partial charge in [0.1, 0.15) is 24.4 Å². The van der Waals surface area contributed by atoms with Crippen LogP contribution in [0.4, 0.5) is 5.69 Å². The number of fused-ring (bicyclic) bond motifs is 1. The molecule has 230 valence electrons. The summed E-state index contributed by atoms with van der Waals surface area (Å²) in [7, 11) is -2.58. The standard InChI is InChI=1S/C30H37N5O7S/c1-34-24(16-25(17-31)43(39,40)33-26-19-42-28(18-36)30(38)29(26)37)6-7-27(34)22-3-2-21-15-23(5-4-20(21)14-22)32-8-9-35-10-12-41-13-11-35/h2-7,14-16,26,28-30,32-33,36-38H,8-13,18-19H2,1H3/b25-16+/t26?,28-,29-,30-/m1/s1. The predicted octanol–water partition coefficient (Wildman–Crippen LogP) is 0.855. The number of anilines is 1. The molecule has 2 fully saturated rings. The molecule has 0 saturated carbocycles. The van der Waals surface area contributed by atoms with Crippen LogP contribution >= 0.6 is 0 Å². The molecular formula is C30H37N5O7S. The second-order valence-electron chi connectivity index (χ2n) is 10.7. The summed E-state index contributed by atoms with van der Waals surface area (Å²) in [4.78, 5) is 1.83. The molecule has 3 heterocycles. The highest BCUT2D eigenvalue weighted by molar-refractivity contribution is 7.93. The fourth-order valence-corrected chi connectivity index (χ4v) is 6.50. The third-order valence-corrected chi connectivity index (χ3v) is 9.36. The Morgan fingerprint density at radius 2 is 1.84 bits per heavy atom. The summed E-state index contributed by atoms with van der Waals surface area (Å²) in [5.74, 6) is 0. The van der Waals surface area contributed by atoms with Gasteiger partial charge in [-0.25, -0.2) is 13.1 Å². The molecule has 5 rings (SSSR count). The van der Waals surface area contributed by atoms with Crippen LogP contribution in [0.1, 0.15) is 5.69 Å². The third-order valence-electron chi connectivity index (χ3n) is 7.96. The van der Waals surface area contributed by atoms with Crippen molar-refractivity contribution in [2.45, 2.75) is 24.4 Å². The molecule has 1 unspecified atom stereocenters. The van der Waals surface area contributed by atoms with E-state index in [1.165, 1.54) is 6.08 Å². The maximum Gasteiger partial charge on any atom is 0.251 e. The Kier molecular flexibility index (Phi) is 9.80. The number of allylic oxidation sites excluding steroid dienone is 1. The van der Waals surface area contributed by atoms with Crippen molar-refractivity contribution in [2.24, 2.45) is 7.05 Å². The molecule has 0 amide bonds. The van der Waals surface area contributed by atoms with Crippen LogP contribution in [0, 0.1) is 11.3 Å². The first-order valence-electron chi connectivity index (χ1n) is 14.2. The van der Waals surface area contributed by atoms with Crippen molar-refractivity contribution in [2.75, 3.05) is 57.9 Å². The Balaban J connectivity index is 1.28. The third kappa shape index (κ3) is 7.09. The molecule has 0 radical (unpaired) electrons. The Morgan fingerprint density at radius 3 is 2.58 bits per heavy atom. The van der Waals surface area contributed by atoms with Gasteiger partial charge in [0.2, 0.25) is 0 Å². The van der Waals surface area contributed by atoms with Crippen LogP contribution in [0.2, 0.25) is 0 Å². The fraction of sp³-hybridized carbons (Fsp3) is 0.433. The Morgan fingerprint density at radius 1 is 1.09 bits per heavy atom. The zero-order valence-corrected chi connectivity index (χ0v) is 24.7. The lowest BCUT2D eigenvalue weighted by molar-refractivity contribution is -0.158. The van der Waals surface area contributed by atoms with Crippen LogP contribution in [0.5, 0.6) is 0 Å². The first-order valence-corrected chi connectivity index (χ1v) is 15.6. The first kappa shape index (κ1) is 31.1. The van der Waals surface area contributed by atoms with E-state index >= 15 is 0 Å². The molecule has 2 aromatic carbocycles. The maximum atomic E-state index is 13.0. The van der Waals surface area contributed by atoms with Gasteiger partial charge in [-0.05, 0) is 52.7 Å². The van der Waals surface area contributed by atoms with Crippen molar-refractivity contribution >= 4 is 32.6 Å². The van der Waals surface area contributed by atoms with Gasteiger partial charge in [0.15, 0.2) is 4.91 Å². The molecule has 0 aliphatic carbocycles. The van der Waals surface area contributed by atoms with Gasteiger partial charge in [-0.2, -0.15) is 5.26 Å². The lowest BCUT2D eigenvalue weighted by Crippen LogP contribution is -2.59. The molecule has 0 bridgehead atoms. The van der Waals surface area contributed by atoms with Gasteiger partial charge in [0.25, 0.3) is 10.0 Å². The number of aliphatic hydroxyl groups excluding tert-OH is 3. The number of benzene rings is 2. The number of morpholine rings is 1. The zero-order valence-electron chi connectivity index (χ0n) is 23.9. The van der Waals surface area contributed by atoms with Crippen molar-refractivity contribution in [3.05, 3.63) is 59.1 Å². The molecule has 0 spiro atoms. The maximum absolute atomic E-state index is 13.0. The average molecular weight is 612 g/mol. The number of hydrogen-bond acceptors (Lipinski definition) is 10. The number of nitrogens with one attached hydrogen (secondary N) is 2. The minimum absolute atomic E-state index is 0.274. The first-order chi connectivity index (χ1) is 20.7. The molecular weight excluding hydrogens is 574 g/mol. The summed E-state index contributed by atoms with van der Waals surface area (Å²) in [5, 5.41) is 45.0. The van der Waals surface area contributed by atoms with E-state index in [1.54, 1.807) is 23.8 Å². The van der Waals surface area contributed by atoms with E-state index in [0.29, 0.717) is 5.69 Å². The van der Waals surface area contributed by atoms with Crippen molar-refractivity contribution in [3.63, 3.8) is 0 Å². The summed E-state index contributed by atoms with van der Waals surface area (Å²) < 4.78 is 40.7. The summed E-state index contributed by atoms with van der Waals surface area (Å²) in [6.45, 7) is 4.49. The average Bonchev–Trinajstić information content (AvgIpc) is 3.38. The van der Waals surface area contributed by atoms with E-state index in [1.807, 2.05) is 18.2 Å². The molecule has 2 aliphatic heterocycles. The fourth-order valence-electron chi connectivity index (χ4n) is 5.37. The van der Waals surface area contributed by atoms with Gasteiger partial charge in [-0.1, -0.05) is 18.2 Å². The Hall–Kier alpha value is -3.32. The molecule has 5 N–H and O–H groups in total. The molecule has 2 aliphatic rings. The van der Waals surface area contributed by atoms with Gasteiger partial charge < -0.3 is 34.7 Å². The summed E-state index contributed by atoms with van der Waals surface area (Å²) in [5.41, 5.74) is 3.29. The normalized spacial score (nSPS) is 23.7. The van der Waals surface area contributed by atoms with Crippen LogP contribution in [-0.4, -0.2) is 110 Å². The minimum Gasteiger partial charge on any atom is -0.394 e. The number of rotatable bonds is 10. The van der Waals surface area contributed by atoms with E-state index in [2.05, 4.69) is 39.2 Å². The van der Waals surface area contributed by atoms with Crippen molar-refractivity contribution < 1.29 is 33.2 Å². The highest BCUT2D eigenvalue weighted by Gasteiger charge is 2.40. The van der Waals surface area contributed by atoms with Gasteiger partial charge in [-0.15, -0.1) is 0 Å². The van der Waals surface area contributed by atoms with E-state index in [-0.39, 0.29) is 6.61 Å². The van der Waals surface area contributed by atoms with Gasteiger partial charge >= 0.3 is 0 Å². The van der Waals surface area contributed by atoms with E-state index in [9.17, 15) is 29.0 Å². The lowest BCUT2D eigenvalue weighted by atomic mass is 9.99. The molecule has 4 atom stereocenters. The monoisotopic (exact) mass is 611 g/mol. The van der Waals surface area contributed by atoms with Crippen LogP contribution in [-0.2, 0) is 26.5 Å². The topological polar surface area (TPSA) is 169 Å². The second-order valence-corrected chi connectivity index (χ2v) is 12.4. The molecule has 13 heteroatoms. The van der Waals surface area contributed by atoms with E-state index in [4.69, 9.17) is 9.47 Å². The zero-order chi connectivity index (χ0) is 30.6. The number of aromatic nitrogens is 1. The predicted molar refractivity (Wildman–Crippen MR) is 162 cm³/mol. The van der Waals surface area contributed by atoms with Crippen LogP contribution in [0.3, 0.4) is 0 Å². The minimum atomic E-state index is -4.36. The molecule has 3 aromatic rings. The van der Waals surface area contributed by atoms with Crippen LogP contribution < -0.4 is 10.0 Å². The number of ether oxygens (including phenoxy) is 2. The van der Waals surface area contributed by atoms with Crippen LogP contribution in [0.15, 0.2) is 53.4 Å². The van der Waals surface area contributed by atoms with E-state index in [0.717, 1.165) is 67.1 Å². The summed E-state index contributed by atoms with van der Waals surface area (Å²) in [6.07, 6.45) is -2.77. The number of sulfonamides is 1. The smallest absolute Gasteiger partial charge is 0.251 e. The quantitative estimate of drug-likeness (QED) is 0.207. The molecule has 2 saturated heterocycles. The van der Waals surface area contributed by atoms with Crippen LogP contribution in [0.25, 0.3) is 28.1 Å².